The van der Waals surface area contributed by atoms with Gasteiger partial charge in [-0.15, -0.1) is 10.2 Å². The number of hydrogen-bond donors (Lipinski definition) is 0. The zero-order valence-corrected chi connectivity index (χ0v) is 11.0. The third-order valence-corrected chi connectivity index (χ3v) is 3.48. The van der Waals surface area contributed by atoms with Crippen LogP contribution in [0.15, 0.2) is 0 Å². The van der Waals surface area contributed by atoms with E-state index in [1.54, 1.807) is 7.11 Å². The molecule has 1 aromatic rings. The summed E-state index contributed by atoms with van der Waals surface area (Å²) in [4.78, 5) is 0. The lowest BCUT2D eigenvalue weighted by Crippen LogP contribution is -2.37. The smallest absolute Gasteiger partial charge is 0.225 e. The highest BCUT2D eigenvalue weighted by Crippen LogP contribution is 2.26. The quantitative estimate of drug-likeness (QED) is 0.808. The summed E-state index contributed by atoms with van der Waals surface area (Å²) in [6.07, 6.45) is 2.77. The highest BCUT2D eigenvalue weighted by atomic mass is 35.5. The average Bonchev–Trinajstić information content (AvgIpc) is 2.92. The standard InChI is InChI=1S/C11H18ClN3O2/c1-3-4-9-13-14-10(12)15(9)7-11(16-2)5-6-17-8-11/h3-8H2,1-2H3. The van der Waals surface area contributed by atoms with Crippen LogP contribution in [0.2, 0.25) is 5.28 Å². The van der Waals surface area contributed by atoms with Crippen LogP contribution < -0.4 is 0 Å². The Morgan fingerprint density at radius 1 is 1.53 bits per heavy atom. The van der Waals surface area contributed by atoms with Gasteiger partial charge in [-0.25, -0.2) is 0 Å². The van der Waals surface area contributed by atoms with Gasteiger partial charge in [0.05, 0.1) is 13.2 Å². The van der Waals surface area contributed by atoms with Gasteiger partial charge in [-0.2, -0.15) is 0 Å². The summed E-state index contributed by atoms with van der Waals surface area (Å²) in [5.74, 6) is 0.917. The molecule has 2 heterocycles. The molecule has 1 aliphatic heterocycles. The van der Waals surface area contributed by atoms with Crippen LogP contribution in [0.5, 0.6) is 0 Å². The van der Waals surface area contributed by atoms with E-state index in [-0.39, 0.29) is 5.60 Å². The fourth-order valence-electron chi connectivity index (χ4n) is 2.11. The molecule has 1 atom stereocenters. The van der Waals surface area contributed by atoms with Crippen LogP contribution in [0.3, 0.4) is 0 Å². The van der Waals surface area contributed by atoms with Crippen LogP contribution in [0.1, 0.15) is 25.6 Å². The van der Waals surface area contributed by atoms with Gasteiger partial charge in [-0.3, -0.25) is 4.57 Å². The van der Waals surface area contributed by atoms with Crippen LogP contribution in [0, 0.1) is 0 Å². The molecule has 0 bridgehead atoms. The van der Waals surface area contributed by atoms with Gasteiger partial charge in [-0.05, 0) is 18.0 Å². The first-order valence-corrected chi connectivity index (χ1v) is 6.29. The van der Waals surface area contributed by atoms with Crippen LogP contribution in [0.25, 0.3) is 0 Å². The van der Waals surface area contributed by atoms with Crippen molar-refractivity contribution in [1.29, 1.82) is 0 Å². The molecular weight excluding hydrogens is 242 g/mol. The Bertz CT molecular complexity index is 375. The van der Waals surface area contributed by atoms with E-state index < -0.39 is 0 Å². The van der Waals surface area contributed by atoms with Crippen LogP contribution in [-0.2, 0) is 22.4 Å². The zero-order valence-electron chi connectivity index (χ0n) is 10.3. The van der Waals surface area contributed by atoms with Crippen molar-refractivity contribution in [2.24, 2.45) is 0 Å². The van der Waals surface area contributed by atoms with Crippen molar-refractivity contribution in [2.75, 3.05) is 20.3 Å². The fourth-order valence-corrected chi connectivity index (χ4v) is 2.30. The molecule has 0 aromatic carbocycles. The van der Waals surface area contributed by atoms with Gasteiger partial charge in [0.1, 0.15) is 11.4 Å². The summed E-state index contributed by atoms with van der Waals surface area (Å²) in [6, 6.07) is 0. The molecular formula is C11H18ClN3O2. The van der Waals surface area contributed by atoms with Crippen molar-refractivity contribution in [2.45, 2.75) is 38.3 Å². The van der Waals surface area contributed by atoms with Gasteiger partial charge in [-0.1, -0.05) is 6.92 Å². The minimum Gasteiger partial charge on any atom is -0.378 e. The average molecular weight is 260 g/mol. The normalized spacial score (nSPS) is 24.4. The van der Waals surface area contributed by atoms with E-state index in [1.165, 1.54) is 0 Å². The lowest BCUT2D eigenvalue weighted by molar-refractivity contribution is -0.0300. The molecule has 1 aromatic heterocycles. The third-order valence-electron chi connectivity index (χ3n) is 3.20. The first-order valence-electron chi connectivity index (χ1n) is 5.91. The minimum absolute atomic E-state index is 0.283. The molecule has 6 heteroatoms. The fraction of sp³-hybridized carbons (Fsp3) is 0.818. The van der Waals surface area contributed by atoms with E-state index in [9.17, 15) is 0 Å². The number of aryl methyl sites for hydroxylation is 1. The van der Waals surface area contributed by atoms with Gasteiger partial charge in [0.25, 0.3) is 0 Å². The molecule has 0 amide bonds. The second kappa shape index (κ2) is 5.33. The summed E-state index contributed by atoms with van der Waals surface area (Å²) in [6.45, 7) is 4.10. The predicted molar refractivity (Wildman–Crippen MR) is 64.2 cm³/mol. The molecule has 0 aliphatic carbocycles. The first kappa shape index (κ1) is 12.8. The molecule has 0 saturated carbocycles. The monoisotopic (exact) mass is 259 g/mol. The predicted octanol–water partition coefficient (Wildman–Crippen LogP) is 1.69. The van der Waals surface area contributed by atoms with E-state index in [0.29, 0.717) is 18.4 Å². The Kier molecular flexibility index (Phi) is 4.01. The maximum atomic E-state index is 6.07. The number of nitrogens with zero attached hydrogens (tertiary/aromatic N) is 3. The Morgan fingerprint density at radius 3 is 2.94 bits per heavy atom. The molecule has 0 spiro atoms. The number of methoxy groups -OCH3 is 1. The summed E-state index contributed by atoms with van der Waals surface area (Å²) >= 11 is 6.07. The SMILES string of the molecule is CCCc1nnc(Cl)n1CC1(OC)CCOC1. The van der Waals surface area contributed by atoms with Crippen LogP contribution in [0.4, 0.5) is 0 Å². The lowest BCUT2D eigenvalue weighted by Gasteiger charge is -2.26. The van der Waals surface area contributed by atoms with Crippen molar-refractivity contribution in [3.8, 4) is 0 Å². The van der Waals surface area contributed by atoms with Crippen molar-refractivity contribution in [3.05, 3.63) is 11.1 Å². The molecule has 5 nitrogen and oxygen atoms in total. The Morgan fingerprint density at radius 2 is 2.35 bits per heavy atom. The van der Waals surface area contributed by atoms with Crippen molar-refractivity contribution >= 4 is 11.6 Å². The van der Waals surface area contributed by atoms with Gasteiger partial charge < -0.3 is 9.47 Å². The highest BCUT2D eigenvalue weighted by Gasteiger charge is 2.36. The van der Waals surface area contributed by atoms with E-state index in [0.717, 1.165) is 31.7 Å². The number of rotatable bonds is 5. The van der Waals surface area contributed by atoms with Gasteiger partial charge in [0, 0.05) is 26.6 Å². The van der Waals surface area contributed by atoms with E-state index in [4.69, 9.17) is 21.1 Å². The van der Waals surface area contributed by atoms with Gasteiger partial charge in [0.2, 0.25) is 5.28 Å². The Labute approximate surface area is 106 Å². The van der Waals surface area contributed by atoms with E-state index in [1.807, 2.05) is 4.57 Å². The molecule has 1 unspecified atom stereocenters. The number of hydrogen-bond acceptors (Lipinski definition) is 4. The van der Waals surface area contributed by atoms with Crippen LogP contribution in [-0.4, -0.2) is 40.7 Å². The molecule has 17 heavy (non-hydrogen) atoms. The van der Waals surface area contributed by atoms with E-state index in [2.05, 4.69) is 17.1 Å². The zero-order chi connectivity index (χ0) is 12.3. The van der Waals surface area contributed by atoms with Crippen molar-refractivity contribution in [3.63, 3.8) is 0 Å². The second-order valence-corrected chi connectivity index (χ2v) is 4.75. The molecule has 1 fully saturated rings. The first-order chi connectivity index (χ1) is 8.21. The number of ether oxygens (including phenoxy) is 2. The maximum absolute atomic E-state index is 6.07. The maximum Gasteiger partial charge on any atom is 0.225 e. The molecule has 1 aliphatic rings. The third kappa shape index (κ3) is 2.61. The second-order valence-electron chi connectivity index (χ2n) is 4.41. The van der Waals surface area contributed by atoms with Gasteiger partial charge in [0.15, 0.2) is 0 Å². The highest BCUT2D eigenvalue weighted by molar-refractivity contribution is 6.28. The molecule has 2 rings (SSSR count). The lowest BCUT2D eigenvalue weighted by atomic mass is 10.0. The minimum atomic E-state index is -0.283. The number of aromatic nitrogens is 3. The summed E-state index contributed by atoms with van der Waals surface area (Å²) in [5, 5.41) is 8.45. The van der Waals surface area contributed by atoms with Gasteiger partial charge >= 0.3 is 0 Å². The molecule has 1 saturated heterocycles. The topological polar surface area (TPSA) is 49.2 Å². The molecule has 0 N–H and O–H groups in total. The largest absolute Gasteiger partial charge is 0.378 e. The Balaban J connectivity index is 2.19. The van der Waals surface area contributed by atoms with Crippen molar-refractivity contribution in [1.82, 2.24) is 14.8 Å². The summed E-state index contributed by atoms with van der Waals surface area (Å²) < 4.78 is 13.0. The number of halogens is 1. The molecule has 96 valence electrons. The Hall–Kier alpha value is -0.650. The van der Waals surface area contributed by atoms with Crippen molar-refractivity contribution < 1.29 is 9.47 Å². The molecule has 0 radical (unpaired) electrons. The summed E-state index contributed by atoms with van der Waals surface area (Å²) in [5.41, 5.74) is -0.283. The summed E-state index contributed by atoms with van der Waals surface area (Å²) in [7, 11) is 1.71. The van der Waals surface area contributed by atoms with Crippen LogP contribution >= 0.6 is 11.6 Å². The van der Waals surface area contributed by atoms with E-state index >= 15 is 0 Å².